The number of ketones is 1. The SMILES string of the molecule is O=C(CC1CC=CCC1)CN1CCC(Nc2ccnc3[nH]c(=O)c4ccccc4c23)CC1. The summed E-state index contributed by atoms with van der Waals surface area (Å²) in [7, 11) is 0. The fourth-order valence-corrected chi connectivity index (χ4v) is 5.16. The van der Waals surface area contributed by atoms with Crippen molar-refractivity contribution >= 4 is 33.3 Å². The third-order valence-corrected chi connectivity index (χ3v) is 6.87. The van der Waals surface area contributed by atoms with Crippen molar-refractivity contribution in [1.82, 2.24) is 14.9 Å². The van der Waals surface area contributed by atoms with Crippen LogP contribution >= 0.6 is 0 Å². The number of aromatic nitrogens is 2. The summed E-state index contributed by atoms with van der Waals surface area (Å²) in [5.41, 5.74) is 1.50. The van der Waals surface area contributed by atoms with Crippen LogP contribution in [0.2, 0.25) is 0 Å². The summed E-state index contributed by atoms with van der Waals surface area (Å²) < 4.78 is 0. The van der Waals surface area contributed by atoms with Gasteiger partial charge in [0.2, 0.25) is 0 Å². The predicted molar refractivity (Wildman–Crippen MR) is 129 cm³/mol. The van der Waals surface area contributed by atoms with E-state index in [0.717, 1.165) is 68.1 Å². The van der Waals surface area contributed by atoms with Crippen LogP contribution in [0.5, 0.6) is 0 Å². The number of benzene rings is 1. The molecule has 0 radical (unpaired) electrons. The van der Waals surface area contributed by atoms with Crippen LogP contribution in [0.1, 0.15) is 38.5 Å². The van der Waals surface area contributed by atoms with Crippen LogP contribution in [-0.2, 0) is 4.79 Å². The molecule has 6 heteroatoms. The minimum Gasteiger partial charge on any atom is -0.382 e. The zero-order valence-corrected chi connectivity index (χ0v) is 18.3. The highest BCUT2D eigenvalue weighted by molar-refractivity contribution is 6.10. The molecular weight excluding hydrogens is 400 g/mol. The summed E-state index contributed by atoms with van der Waals surface area (Å²) in [5.74, 6) is 0.917. The lowest BCUT2D eigenvalue weighted by Crippen LogP contribution is -2.41. The Bertz CT molecular complexity index is 1210. The fourth-order valence-electron chi connectivity index (χ4n) is 5.16. The molecule has 0 saturated carbocycles. The Morgan fingerprint density at radius 1 is 1.09 bits per heavy atom. The van der Waals surface area contributed by atoms with E-state index in [4.69, 9.17) is 0 Å². The van der Waals surface area contributed by atoms with Crippen LogP contribution in [0.15, 0.2) is 53.5 Å². The molecule has 1 fully saturated rings. The molecule has 1 saturated heterocycles. The van der Waals surface area contributed by atoms with Crippen molar-refractivity contribution < 1.29 is 4.79 Å². The highest BCUT2D eigenvalue weighted by Gasteiger charge is 2.23. The van der Waals surface area contributed by atoms with Gasteiger partial charge in [-0.3, -0.25) is 14.5 Å². The molecule has 5 rings (SSSR count). The molecule has 32 heavy (non-hydrogen) atoms. The summed E-state index contributed by atoms with van der Waals surface area (Å²) in [6, 6.07) is 9.99. The zero-order valence-electron chi connectivity index (χ0n) is 18.3. The highest BCUT2D eigenvalue weighted by Crippen LogP contribution is 2.29. The van der Waals surface area contributed by atoms with Gasteiger partial charge in [-0.25, -0.2) is 4.98 Å². The number of nitrogens with zero attached hydrogens (tertiary/aromatic N) is 2. The first-order valence-electron chi connectivity index (χ1n) is 11.7. The molecule has 2 aliphatic rings. The second kappa shape index (κ2) is 9.25. The lowest BCUT2D eigenvalue weighted by atomic mass is 9.89. The number of pyridine rings is 2. The number of hydrogen-bond donors (Lipinski definition) is 2. The van der Waals surface area contributed by atoms with Crippen LogP contribution in [0.25, 0.3) is 21.8 Å². The fraction of sp³-hybridized carbons (Fsp3) is 0.423. The number of rotatable bonds is 6. The van der Waals surface area contributed by atoms with E-state index in [1.165, 1.54) is 0 Å². The number of anilines is 1. The second-order valence-corrected chi connectivity index (χ2v) is 9.17. The predicted octanol–water partition coefficient (Wildman–Crippen LogP) is 4.27. The van der Waals surface area contributed by atoms with Gasteiger partial charge in [0.25, 0.3) is 5.56 Å². The Labute approximate surface area is 187 Å². The van der Waals surface area contributed by atoms with Crippen molar-refractivity contribution in [2.75, 3.05) is 25.0 Å². The van der Waals surface area contributed by atoms with Crippen LogP contribution in [0.3, 0.4) is 0 Å². The maximum absolute atomic E-state index is 12.5. The van der Waals surface area contributed by atoms with Gasteiger partial charge < -0.3 is 10.3 Å². The first kappa shape index (κ1) is 20.9. The van der Waals surface area contributed by atoms with E-state index in [2.05, 4.69) is 32.3 Å². The molecule has 0 spiro atoms. The molecule has 1 unspecified atom stereocenters. The smallest absolute Gasteiger partial charge is 0.257 e. The Morgan fingerprint density at radius 2 is 1.91 bits per heavy atom. The number of piperidine rings is 1. The van der Waals surface area contributed by atoms with Crippen molar-refractivity contribution in [1.29, 1.82) is 0 Å². The number of Topliss-reactive ketones (excluding diaryl/α,β-unsaturated/α-hetero) is 1. The standard InChI is InChI=1S/C26H30N4O2/c31-20(16-18-6-2-1-3-7-18)17-30-14-11-19(12-15-30)28-23-10-13-27-25-24(23)21-8-4-5-9-22(21)26(32)29-25/h1-2,4-5,8-10,13,18-19H,3,6-7,11-12,14-17H2,(H2,27,28,29,32). The van der Waals surface area contributed by atoms with Crippen molar-refractivity contribution in [2.24, 2.45) is 5.92 Å². The first-order valence-corrected chi connectivity index (χ1v) is 11.7. The Kier molecular flexibility index (Phi) is 6.04. The Balaban J connectivity index is 1.24. The third kappa shape index (κ3) is 4.46. The number of carbonyl (C=O) groups is 1. The van der Waals surface area contributed by atoms with Crippen molar-refractivity contribution in [3.05, 3.63) is 59.0 Å². The summed E-state index contributed by atoms with van der Waals surface area (Å²) in [4.78, 5) is 34.5. The molecule has 3 heterocycles. The molecule has 1 aromatic carbocycles. The molecule has 6 nitrogen and oxygen atoms in total. The number of likely N-dealkylation sites (tertiary alicyclic amines) is 1. The van der Waals surface area contributed by atoms with Crippen molar-refractivity contribution in [2.45, 2.75) is 44.6 Å². The summed E-state index contributed by atoms with van der Waals surface area (Å²) in [6.45, 7) is 2.43. The highest BCUT2D eigenvalue weighted by atomic mass is 16.1. The number of aromatic amines is 1. The average Bonchev–Trinajstić information content (AvgIpc) is 2.81. The number of nitrogens with one attached hydrogen (secondary N) is 2. The molecule has 3 aromatic rings. The normalized spacial score (nSPS) is 20.1. The molecule has 2 N–H and O–H groups in total. The molecule has 2 aromatic heterocycles. The van der Waals surface area contributed by atoms with Crippen molar-refractivity contribution in [3.63, 3.8) is 0 Å². The monoisotopic (exact) mass is 430 g/mol. The largest absolute Gasteiger partial charge is 0.382 e. The maximum Gasteiger partial charge on any atom is 0.257 e. The van der Waals surface area contributed by atoms with Gasteiger partial charge in [-0.05, 0) is 50.2 Å². The van der Waals surface area contributed by atoms with Gasteiger partial charge in [-0.1, -0.05) is 30.4 Å². The summed E-state index contributed by atoms with van der Waals surface area (Å²) in [5, 5.41) is 6.25. The van der Waals surface area contributed by atoms with Crippen LogP contribution in [-0.4, -0.2) is 46.3 Å². The van der Waals surface area contributed by atoms with E-state index in [-0.39, 0.29) is 5.56 Å². The Morgan fingerprint density at radius 3 is 2.69 bits per heavy atom. The number of fused-ring (bicyclic) bond motifs is 3. The molecule has 166 valence electrons. The van der Waals surface area contributed by atoms with Gasteiger partial charge in [0.1, 0.15) is 11.4 Å². The Hall–Kier alpha value is -2.99. The molecular formula is C26H30N4O2. The van der Waals surface area contributed by atoms with E-state index < -0.39 is 0 Å². The van der Waals surface area contributed by atoms with Gasteiger partial charge >= 0.3 is 0 Å². The van der Waals surface area contributed by atoms with Gasteiger partial charge in [-0.2, -0.15) is 0 Å². The number of carbonyl (C=O) groups excluding carboxylic acids is 1. The zero-order chi connectivity index (χ0) is 21.9. The van der Waals surface area contributed by atoms with Gasteiger partial charge in [0.05, 0.1) is 6.54 Å². The quantitative estimate of drug-likeness (QED) is 0.451. The minimum absolute atomic E-state index is 0.111. The van der Waals surface area contributed by atoms with E-state index in [9.17, 15) is 9.59 Å². The van der Waals surface area contributed by atoms with Crippen LogP contribution in [0, 0.1) is 5.92 Å². The minimum atomic E-state index is -0.111. The van der Waals surface area contributed by atoms with E-state index in [1.807, 2.05) is 30.3 Å². The molecule has 1 atom stereocenters. The lowest BCUT2D eigenvalue weighted by Gasteiger charge is -2.33. The molecule has 1 aliphatic heterocycles. The third-order valence-electron chi connectivity index (χ3n) is 6.87. The van der Waals surface area contributed by atoms with Gasteiger partial charge in [0, 0.05) is 53.6 Å². The topological polar surface area (TPSA) is 78.1 Å². The van der Waals surface area contributed by atoms with E-state index in [1.54, 1.807) is 6.20 Å². The maximum atomic E-state index is 12.5. The molecule has 0 amide bonds. The summed E-state index contributed by atoms with van der Waals surface area (Å²) in [6.07, 6.45) is 12.2. The van der Waals surface area contributed by atoms with E-state index in [0.29, 0.717) is 35.3 Å². The molecule has 1 aliphatic carbocycles. The summed E-state index contributed by atoms with van der Waals surface area (Å²) >= 11 is 0. The van der Waals surface area contributed by atoms with Crippen LogP contribution < -0.4 is 10.9 Å². The average molecular weight is 431 g/mol. The van der Waals surface area contributed by atoms with Crippen molar-refractivity contribution in [3.8, 4) is 0 Å². The number of hydrogen-bond acceptors (Lipinski definition) is 5. The van der Waals surface area contributed by atoms with E-state index >= 15 is 0 Å². The molecule has 0 bridgehead atoms. The van der Waals surface area contributed by atoms with Gasteiger partial charge in [-0.15, -0.1) is 0 Å². The second-order valence-electron chi connectivity index (χ2n) is 9.17. The van der Waals surface area contributed by atoms with Crippen LogP contribution in [0.4, 0.5) is 5.69 Å². The number of H-pyrrole nitrogens is 1. The number of allylic oxidation sites excluding steroid dienone is 2. The first-order chi connectivity index (χ1) is 15.7. The van der Waals surface area contributed by atoms with Gasteiger partial charge in [0.15, 0.2) is 0 Å². The lowest BCUT2D eigenvalue weighted by molar-refractivity contribution is -0.121.